The lowest BCUT2D eigenvalue weighted by atomic mass is 10.1. The number of thiazole rings is 1. The Kier molecular flexibility index (Phi) is 6.12. The van der Waals surface area contributed by atoms with Crippen molar-refractivity contribution < 1.29 is 8.42 Å². The van der Waals surface area contributed by atoms with Gasteiger partial charge >= 0.3 is 0 Å². The van der Waals surface area contributed by atoms with E-state index in [1.807, 2.05) is 13.8 Å². The van der Waals surface area contributed by atoms with Gasteiger partial charge in [0, 0.05) is 30.2 Å². The molecule has 1 aliphatic heterocycles. The maximum atomic E-state index is 12.5. The molecule has 0 aliphatic carbocycles. The molecule has 2 heterocycles. The van der Waals surface area contributed by atoms with E-state index in [-0.39, 0.29) is 12.6 Å². The molecule has 0 radical (unpaired) electrons. The number of hydrogen-bond donors (Lipinski definition) is 2. The van der Waals surface area contributed by atoms with E-state index in [4.69, 9.17) is 0 Å². The summed E-state index contributed by atoms with van der Waals surface area (Å²) in [5, 5.41) is 4.06. The molecular formula is C13H24N4O2S2. The predicted octanol–water partition coefficient (Wildman–Crippen LogP) is 1.25. The third-order valence-electron chi connectivity index (χ3n) is 3.59. The Labute approximate surface area is 131 Å². The van der Waals surface area contributed by atoms with Crippen LogP contribution in [0.2, 0.25) is 0 Å². The van der Waals surface area contributed by atoms with Crippen LogP contribution >= 0.6 is 11.3 Å². The Morgan fingerprint density at radius 1 is 1.48 bits per heavy atom. The molecule has 21 heavy (non-hydrogen) atoms. The Hall–Kier alpha value is -0.540. The van der Waals surface area contributed by atoms with Gasteiger partial charge in [-0.2, -0.15) is 17.4 Å². The molecule has 8 heteroatoms. The van der Waals surface area contributed by atoms with Gasteiger partial charge in [-0.25, -0.2) is 4.98 Å². The molecule has 1 fully saturated rings. The van der Waals surface area contributed by atoms with E-state index in [0.717, 1.165) is 35.7 Å². The maximum Gasteiger partial charge on any atom is 0.280 e. The van der Waals surface area contributed by atoms with Crippen molar-refractivity contribution in [3.05, 3.63) is 16.1 Å². The van der Waals surface area contributed by atoms with Crippen LogP contribution in [-0.4, -0.2) is 43.4 Å². The Bertz CT molecular complexity index is 544. The summed E-state index contributed by atoms with van der Waals surface area (Å²) in [5.74, 6) is 0. The summed E-state index contributed by atoms with van der Waals surface area (Å²) in [7, 11) is -3.44. The van der Waals surface area contributed by atoms with E-state index in [9.17, 15) is 8.42 Å². The summed E-state index contributed by atoms with van der Waals surface area (Å²) in [4.78, 5) is 5.28. The molecule has 1 aromatic heterocycles. The summed E-state index contributed by atoms with van der Waals surface area (Å²) < 4.78 is 29.3. The fraction of sp³-hybridized carbons (Fsp3) is 0.769. The molecule has 0 amide bonds. The molecule has 1 saturated heterocycles. The molecule has 0 bridgehead atoms. The molecule has 1 unspecified atom stereocenters. The molecule has 1 atom stereocenters. The standard InChI is InChI=1S/C13H24N4O2S2/c1-3-14-9-12-6-4-5-7-17(12)21(18,19)16-10-13-15-8-11(2)20-13/h8,12,14,16H,3-7,9-10H2,1-2H3. The second-order valence-corrected chi connectivity index (χ2v) is 8.29. The summed E-state index contributed by atoms with van der Waals surface area (Å²) >= 11 is 1.52. The Morgan fingerprint density at radius 2 is 2.29 bits per heavy atom. The number of piperidine rings is 1. The van der Waals surface area contributed by atoms with Crippen molar-refractivity contribution in [1.29, 1.82) is 0 Å². The SMILES string of the molecule is CCNCC1CCCCN1S(=O)(=O)NCc1ncc(C)s1. The monoisotopic (exact) mass is 332 g/mol. The largest absolute Gasteiger partial charge is 0.315 e. The van der Waals surface area contributed by atoms with Gasteiger partial charge in [0.05, 0.1) is 6.54 Å². The first kappa shape index (κ1) is 16.8. The number of nitrogens with zero attached hydrogens (tertiary/aromatic N) is 2. The lowest BCUT2D eigenvalue weighted by molar-refractivity contribution is 0.243. The fourth-order valence-corrected chi connectivity index (χ4v) is 4.77. The maximum absolute atomic E-state index is 12.5. The van der Waals surface area contributed by atoms with Gasteiger partial charge in [-0.3, -0.25) is 0 Å². The number of aromatic nitrogens is 1. The van der Waals surface area contributed by atoms with Gasteiger partial charge in [0.15, 0.2) is 0 Å². The zero-order valence-corrected chi connectivity index (χ0v) is 14.3. The fourth-order valence-electron chi connectivity index (χ4n) is 2.52. The van der Waals surface area contributed by atoms with Crippen molar-refractivity contribution in [3.8, 4) is 0 Å². The quantitative estimate of drug-likeness (QED) is 0.788. The van der Waals surface area contributed by atoms with Gasteiger partial charge in [0.2, 0.25) is 0 Å². The van der Waals surface area contributed by atoms with Gasteiger partial charge < -0.3 is 5.32 Å². The second kappa shape index (κ2) is 7.64. The summed E-state index contributed by atoms with van der Waals surface area (Å²) in [6.07, 6.45) is 4.71. The van der Waals surface area contributed by atoms with Crippen molar-refractivity contribution in [2.24, 2.45) is 0 Å². The highest BCUT2D eigenvalue weighted by atomic mass is 32.2. The first-order valence-corrected chi connectivity index (χ1v) is 9.67. The number of likely N-dealkylation sites (N-methyl/N-ethyl adjacent to an activating group) is 1. The molecule has 2 N–H and O–H groups in total. The smallest absolute Gasteiger partial charge is 0.280 e. The van der Waals surface area contributed by atoms with E-state index in [1.54, 1.807) is 10.5 Å². The molecule has 120 valence electrons. The number of rotatable bonds is 7. The first-order chi connectivity index (χ1) is 10.0. The topological polar surface area (TPSA) is 74.3 Å². The van der Waals surface area contributed by atoms with Crippen LogP contribution in [0.1, 0.15) is 36.1 Å². The second-order valence-electron chi connectivity index (χ2n) is 5.26. The average Bonchev–Trinajstić information content (AvgIpc) is 2.89. The van der Waals surface area contributed by atoms with Crippen molar-refractivity contribution in [2.75, 3.05) is 19.6 Å². The third kappa shape index (κ3) is 4.72. The zero-order valence-electron chi connectivity index (χ0n) is 12.6. The van der Waals surface area contributed by atoms with E-state index in [0.29, 0.717) is 13.1 Å². The van der Waals surface area contributed by atoms with E-state index < -0.39 is 10.2 Å². The molecular weight excluding hydrogens is 308 g/mol. The van der Waals surface area contributed by atoms with E-state index >= 15 is 0 Å². The van der Waals surface area contributed by atoms with Gasteiger partial charge in [-0.15, -0.1) is 11.3 Å². The van der Waals surface area contributed by atoms with Crippen LogP contribution in [0.3, 0.4) is 0 Å². The van der Waals surface area contributed by atoms with Crippen LogP contribution in [0.5, 0.6) is 0 Å². The van der Waals surface area contributed by atoms with Crippen LogP contribution in [0, 0.1) is 6.92 Å². The average molecular weight is 332 g/mol. The number of aryl methyl sites for hydroxylation is 1. The molecule has 1 aliphatic rings. The zero-order chi connectivity index (χ0) is 15.3. The normalized spacial score (nSPS) is 20.8. The van der Waals surface area contributed by atoms with E-state index in [2.05, 4.69) is 15.0 Å². The molecule has 0 saturated carbocycles. The summed E-state index contributed by atoms with van der Waals surface area (Å²) in [6, 6.07) is 0.0502. The molecule has 0 spiro atoms. The third-order valence-corrected chi connectivity index (χ3v) is 6.11. The number of hydrogen-bond acceptors (Lipinski definition) is 5. The summed E-state index contributed by atoms with van der Waals surface area (Å²) in [5.41, 5.74) is 0. The lowest BCUT2D eigenvalue weighted by Gasteiger charge is -2.34. The van der Waals surface area contributed by atoms with Crippen molar-refractivity contribution >= 4 is 21.5 Å². The molecule has 1 aromatic rings. The first-order valence-electron chi connectivity index (χ1n) is 7.41. The van der Waals surface area contributed by atoms with Gasteiger partial charge in [-0.05, 0) is 26.3 Å². The summed E-state index contributed by atoms with van der Waals surface area (Å²) in [6.45, 7) is 6.44. The van der Waals surface area contributed by atoms with E-state index in [1.165, 1.54) is 11.3 Å². The minimum Gasteiger partial charge on any atom is -0.315 e. The minimum atomic E-state index is -3.44. The highest BCUT2D eigenvalue weighted by molar-refractivity contribution is 7.87. The van der Waals surface area contributed by atoms with Crippen molar-refractivity contribution in [2.45, 2.75) is 45.7 Å². The van der Waals surface area contributed by atoms with Gasteiger partial charge in [0.1, 0.15) is 5.01 Å². The van der Waals surface area contributed by atoms with Crippen LogP contribution in [0.4, 0.5) is 0 Å². The van der Waals surface area contributed by atoms with Gasteiger partial charge in [0.25, 0.3) is 10.2 Å². The highest BCUT2D eigenvalue weighted by Crippen LogP contribution is 2.20. The van der Waals surface area contributed by atoms with Crippen molar-refractivity contribution in [3.63, 3.8) is 0 Å². The predicted molar refractivity (Wildman–Crippen MR) is 85.5 cm³/mol. The van der Waals surface area contributed by atoms with Crippen LogP contribution in [0.15, 0.2) is 6.20 Å². The number of nitrogens with one attached hydrogen (secondary N) is 2. The molecule has 6 nitrogen and oxygen atoms in total. The van der Waals surface area contributed by atoms with Crippen LogP contribution in [-0.2, 0) is 16.8 Å². The molecule has 0 aromatic carbocycles. The Balaban J connectivity index is 1.98. The minimum absolute atomic E-state index is 0.0502. The lowest BCUT2D eigenvalue weighted by Crippen LogP contribution is -2.52. The van der Waals surface area contributed by atoms with Crippen molar-refractivity contribution in [1.82, 2.24) is 19.3 Å². The van der Waals surface area contributed by atoms with Crippen LogP contribution < -0.4 is 10.0 Å². The highest BCUT2D eigenvalue weighted by Gasteiger charge is 2.31. The molecule has 2 rings (SSSR count). The van der Waals surface area contributed by atoms with Gasteiger partial charge in [-0.1, -0.05) is 13.3 Å². The van der Waals surface area contributed by atoms with Crippen LogP contribution in [0.25, 0.3) is 0 Å². The Morgan fingerprint density at radius 3 is 2.95 bits per heavy atom.